The Kier molecular flexibility index (Phi) is 6.63. The molecule has 0 saturated carbocycles. The molecule has 0 spiro atoms. The normalized spacial score (nSPS) is 11.4. The van der Waals surface area contributed by atoms with Crippen molar-refractivity contribution >= 4 is 33.5 Å². The second kappa shape index (κ2) is 8.71. The van der Waals surface area contributed by atoms with E-state index in [4.69, 9.17) is 9.47 Å². The van der Waals surface area contributed by atoms with E-state index in [0.29, 0.717) is 27.2 Å². The standard InChI is InChI=1S/C19H20BrNO5/c1-11-5-7-17(24-3)15(9-11)21-18(22)12(2)26-16-8-6-13(10-14(16)20)19(23)25-4/h5-10,12H,1-4H3,(H,21,22). The van der Waals surface area contributed by atoms with Gasteiger partial charge in [0.15, 0.2) is 6.10 Å². The molecule has 26 heavy (non-hydrogen) atoms. The maximum atomic E-state index is 12.4. The predicted molar refractivity (Wildman–Crippen MR) is 102 cm³/mol. The quantitative estimate of drug-likeness (QED) is 0.714. The summed E-state index contributed by atoms with van der Waals surface area (Å²) in [7, 11) is 2.85. The molecular weight excluding hydrogens is 402 g/mol. The minimum absolute atomic E-state index is 0.321. The molecule has 6 nitrogen and oxygen atoms in total. The van der Waals surface area contributed by atoms with Crippen molar-refractivity contribution in [2.45, 2.75) is 20.0 Å². The van der Waals surface area contributed by atoms with Gasteiger partial charge in [-0.25, -0.2) is 4.79 Å². The monoisotopic (exact) mass is 421 g/mol. The molecule has 138 valence electrons. The summed E-state index contributed by atoms with van der Waals surface area (Å²) >= 11 is 3.34. The molecule has 2 rings (SSSR count). The minimum atomic E-state index is -0.763. The first-order valence-electron chi connectivity index (χ1n) is 7.85. The number of anilines is 1. The van der Waals surface area contributed by atoms with Crippen LogP contribution in [0, 0.1) is 6.92 Å². The van der Waals surface area contributed by atoms with Gasteiger partial charge in [0.2, 0.25) is 0 Å². The minimum Gasteiger partial charge on any atom is -0.495 e. The number of ether oxygens (including phenoxy) is 3. The van der Waals surface area contributed by atoms with E-state index in [9.17, 15) is 9.59 Å². The van der Waals surface area contributed by atoms with Crippen molar-refractivity contribution in [3.8, 4) is 11.5 Å². The number of amides is 1. The Bertz CT molecular complexity index is 822. The van der Waals surface area contributed by atoms with Crippen molar-refractivity contribution in [3.63, 3.8) is 0 Å². The van der Waals surface area contributed by atoms with Gasteiger partial charge in [0, 0.05) is 0 Å². The number of carbonyl (C=O) groups is 2. The summed E-state index contributed by atoms with van der Waals surface area (Å²) in [4.78, 5) is 24.0. The van der Waals surface area contributed by atoms with Gasteiger partial charge in [-0.3, -0.25) is 4.79 Å². The number of hydrogen-bond donors (Lipinski definition) is 1. The predicted octanol–water partition coefficient (Wildman–Crippen LogP) is 3.96. The molecule has 1 amide bonds. The highest BCUT2D eigenvalue weighted by molar-refractivity contribution is 9.10. The van der Waals surface area contributed by atoms with Gasteiger partial charge in [0.05, 0.1) is 29.9 Å². The Labute approximate surface area is 160 Å². The summed E-state index contributed by atoms with van der Waals surface area (Å²) in [5, 5.41) is 2.80. The highest BCUT2D eigenvalue weighted by Crippen LogP contribution is 2.28. The molecule has 0 aliphatic carbocycles. The molecule has 1 unspecified atom stereocenters. The summed E-state index contributed by atoms with van der Waals surface area (Å²) < 4.78 is 16.2. The van der Waals surface area contributed by atoms with E-state index >= 15 is 0 Å². The maximum absolute atomic E-state index is 12.4. The van der Waals surface area contributed by atoms with E-state index in [-0.39, 0.29) is 5.91 Å². The first-order valence-corrected chi connectivity index (χ1v) is 8.65. The smallest absolute Gasteiger partial charge is 0.337 e. The van der Waals surface area contributed by atoms with Crippen LogP contribution in [0.1, 0.15) is 22.8 Å². The van der Waals surface area contributed by atoms with E-state index in [1.807, 2.05) is 19.1 Å². The zero-order valence-electron chi connectivity index (χ0n) is 15.0. The largest absolute Gasteiger partial charge is 0.495 e. The molecule has 0 aliphatic heterocycles. The lowest BCUT2D eigenvalue weighted by Gasteiger charge is -2.17. The van der Waals surface area contributed by atoms with E-state index in [2.05, 4.69) is 26.0 Å². The summed E-state index contributed by atoms with van der Waals surface area (Å²) in [5.41, 5.74) is 1.96. The fourth-order valence-corrected chi connectivity index (χ4v) is 2.71. The number of carbonyl (C=O) groups excluding carboxylic acids is 2. The Hall–Kier alpha value is -2.54. The first-order chi connectivity index (χ1) is 12.3. The topological polar surface area (TPSA) is 73.9 Å². The van der Waals surface area contributed by atoms with Crippen LogP contribution >= 0.6 is 15.9 Å². The third-order valence-corrected chi connectivity index (χ3v) is 4.26. The van der Waals surface area contributed by atoms with Gasteiger partial charge in [-0.1, -0.05) is 6.07 Å². The van der Waals surface area contributed by atoms with Gasteiger partial charge in [0.25, 0.3) is 5.91 Å². The Morgan fingerprint density at radius 3 is 2.38 bits per heavy atom. The van der Waals surface area contributed by atoms with Crippen LogP contribution in [-0.2, 0) is 9.53 Å². The van der Waals surface area contributed by atoms with Crippen molar-refractivity contribution in [2.24, 2.45) is 0 Å². The van der Waals surface area contributed by atoms with Crippen LogP contribution < -0.4 is 14.8 Å². The van der Waals surface area contributed by atoms with E-state index in [0.717, 1.165) is 5.56 Å². The number of esters is 1. The molecular formula is C19H20BrNO5. The van der Waals surface area contributed by atoms with E-state index in [1.165, 1.54) is 7.11 Å². The molecule has 2 aromatic rings. The summed E-state index contributed by atoms with van der Waals surface area (Å²) in [6.07, 6.45) is -0.763. The third kappa shape index (κ3) is 4.76. The van der Waals surface area contributed by atoms with Crippen LogP contribution in [0.2, 0.25) is 0 Å². The van der Waals surface area contributed by atoms with Gasteiger partial charge in [-0.2, -0.15) is 0 Å². The molecule has 1 N–H and O–H groups in total. The van der Waals surface area contributed by atoms with Gasteiger partial charge in [-0.15, -0.1) is 0 Å². The maximum Gasteiger partial charge on any atom is 0.337 e. The number of nitrogens with one attached hydrogen (secondary N) is 1. The lowest BCUT2D eigenvalue weighted by Crippen LogP contribution is -2.30. The van der Waals surface area contributed by atoms with Gasteiger partial charge in [0.1, 0.15) is 11.5 Å². The van der Waals surface area contributed by atoms with Gasteiger partial charge >= 0.3 is 5.97 Å². The van der Waals surface area contributed by atoms with Crippen LogP contribution in [0.4, 0.5) is 5.69 Å². The van der Waals surface area contributed by atoms with Gasteiger partial charge < -0.3 is 19.5 Å². The number of methoxy groups -OCH3 is 2. The second-order valence-electron chi connectivity index (χ2n) is 5.59. The molecule has 7 heteroatoms. The number of aryl methyl sites for hydroxylation is 1. The molecule has 0 aliphatic rings. The average Bonchev–Trinajstić information content (AvgIpc) is 2.62. The number of hydrogen-bond acceptors (Lipinski definition) is 5. The Morgan fingerprint density at radius 1 is 1.08 bits per heavy atom. The zero-order valence-corrected chi connectivity index (χ0v) is 16.5. The molecule has 0 bridgehead atoms. The highest BCUT2D eigenvalue weighted by Gasteiger charge is 2.19. The molecule has 2 aromatic carbocycles. The highest BCUT2D eigenvalue weighted by atomic mass is 79.9. The molecule has 0 heterocycles. The van der Waals surface area contributed by atoms with Crippen molar-refractivity contribution in [1.29, 1.82) is 0 Å². The average molecular weight is 422 g/mol. The molecule has 1 atom stereocenters. The Balaban J connectivity index is 2.10. The number of rotatable bonds is 6. The van der Waals surface area contributed by atoms with Crippen LogP contribution in [0.5, 0.6) is 11.5 Å². The lowest BCUT2D eigenvalue weighted by atomic mass is 10.2. The summed E-state index contributed by atoms with van der Waals surface area (Å²) in [6.45, 7) is 3.56. The summed E-state index contributed by atoms with van der Waals surface area (Å²) in [6, 6.07) is 10.3. The molecule has 0 fully saturated rings. The van der Waals surface area contributed by atoms with E-state index in [1.54, 1.807) is 38.3 Å². The van der Waals surface area contributed by atoms with Crippen molar-refractivity contribution in [3.05, 3.63) is 52.0 Å². The Morgan fingerprint density at radius 2 is 1.77 bits per heavy atom. The van der Waals surface area contributed by atoms with Crippen LogP contribution in [0.15, 0.2) is 40.9 Å². The third-order valence-electron chi connectivity index (χ3n) is 3.64. The molecule has 0 radical (unpaired) electrons. The fourth-order valence-electron chi connectivity index (χ4n) is 2.24. The van der Waals surface area contributed by atoms with Crippen molar-refractivity contribution < 1.29 is 23.8 Å². The SMILES string of the molecule is COC(=O)c1ccc(OC(C)C(=O)Nc2cc(C)ccc2OC)c(Br)c1. The van der Waals surface area contributed by atoms with Crippen LogP contribution in [0.25, 0.3) is 0 Å². The molecule has 0 saturated heterocycles. The first kappa shape index (κ1) is 19.8. The summed E-state index contributed by atoms with van der Waals surface area (Å²) in [5.74, 6) is 0.240. The van der Waals surface area contributed by atoms with Crippen LogP contribution in [0.3, 0.4) is 0 Å². The van der Waals surface area contributed by atoms with Gasteiger partial charge in [-0.05, 0) is 65.7 Å². The number of benzene rings is 2. The van der Waals surface area contributed by atoms with Crippen molar-refractivity contribution in [1.82, 2.24) is 0 Å². The number of halogens is 1. The van der Waals surface area contributed by atoms with E-state index < -0.39 is 12.1 Å². The molecule has 0 aromatic heterocycles. The second-order valence-corrected chi connectivity index (χ2v) is 6.44. The van der Waals surface area contributed by atoms with Crippen LogP contribution in [-0.4, -0.2) is 32.2 Å². The zero-order chi connectivity index (χ0) is 19.3. The van der Waals surface area contributed by atoms with Crippen molar-refractivity contribution in [2.75, 3.05) is 19.5 Å². The lowest BCUT2D eigenvalue weighted by molar-refractivity contribution is -0.122. The fraction of sp³-hybridized carbons (Fsp3) is 0.263.